The lowest BCUT2D eigenvalue weighted by molar-refractivity contribution is -0.149. The summed E-state index contributed by atoms with van der Waals surface area (Å²) >= 11 is 0. The van der Waals surface area contributed by atoms with E-state index in [-0.39, 0.29) is 12.5 Å². The quantitative estimate of drug-likeness (QED) is 0.533. The summed E-state index contributed by atoms with van der Waals surface area (Å²) in [6.07, 6.45) is 0.964. The van der Waals surface area contributed by atoms with E-state index in [0.29, 0.717) is 12.8 Å². The maximum Gasteiger partial charge on any atom is 0.411 e. The average Bonchev–Trinajstić information content (AvgIpc) is 2.43. The van der Waals surface area contributed by atoms with Gasteiger partial charge in [0.1, 0.15) is 11.6 Å². The maximum absolute atomic E-state index is 12.4. The molecule has 0 rings (SSSR count). The van der Waals surface area contributed by atoms with Crippen LogP contribution in [-0.2, 0) is 14.3 Å². The van der Waals surface area contributed by atoms with Crippen molar-refractivity contribution in [3.8, 4) is 6.07 Å². The summed E-state index contributed by atoms with van der Waals surface area (Å²) in [5.74, 6) is -0.528. The summed E-state index contributed by atoms with van der Waals surface area (Å²) in [5, 5.41) is 8.68. The standard InChI is InChI=1S/C16H28N2O4/c1-7-12(2)13(14(19)21-6)18(11-9-8-10-17)15(20)22-16(3,4)5/h12-13H,7-9,11H2,1-6H3. The highest BCUT2D eigenvalue weighted by Crippen LogP contribution is 2.20. The summed E-state index contributed by atoms with van der Waals surface area (Å²) in [6.45, 7) is 9.44. The van der Waals surface area contributed by atoms with Gasteiger partial charge >= 0.3 is 12.1 Å². The van der Waals surface area contributed by atoms with Gasteiger partial charge in [-0.05, 0) is 33.1 Å². The molecule has 126 valence electrons. The molecule has 0 aliphatic carbocycles. The third kappa shape index (κ3) is 6.79. The molecule has 0 aromatic rings. The molecule has 0 aliphatic heterocycles. The molecule has 6 nitrogen and oxygen atoms in total. The lowest BCUT2D eigenvalue weighted by Crippen LogP contribution is -2.51. The van der Waals surface area contributed by atoms with Crippen molar-refractivity contribution in [2.75, 3.05) is 13.7 Å². The number of ether oxygens (including phenoxy) is 2. The number of esters is 1. The van der Waals surface area contributed by atoms with E-state index in [9.17, 15) is 9.59 Å². The molecule has 0 saturated heterocycles. The molecule has 0 N–H and O–H groups in total. The SMILES string of the molecule is CCC(C)C(C(=O)OC)N(CCCC#N)C(=O)OC(C)(C)C. The van der Waals surface area contributed by atoms with Gasteiger partial charge in [-0.25, -0.2) is 9.59 Å². The molecule has 0 fully saturated rings. The van der Waals surface area contributed by atoms with E-state index in [1.807, 2.05) is 19.9 Å². The van der Waals surface area contributed by atoms with E-state index in [1.165, 1.54) is 12.0 Å². The zero-order valence-electron chi connectivity index (χ0n) is 14.5. The number of nitriles is 1. The molecular formula is C16H28N2O4. The largest absolute Gasteiger partial charge is 0.467 e. The Morgan fingerprint density at radius 3 is 2.32 bits per heavy atom. The second-order valence-electron chi connectivity index (χ2n) is 6.29. The molecule has 0 radical (unpaired) electrons. The van der Waals surface area contributed by atoms with Crippen LogP contribution in [0.25, 0.3) is 0 Å². The molecular weight excluding hydrogens is 284 g/mol. The van der Waals surface area contributed by atoms with Crippen molar-refractivity contribution < 1.29 is 19.1 Å². The number of amides is 1. The molecule has 22 heavy (non-hydrogen) atoms. The Hall–Kier alpha value is -1.77. The fourth-order valence-corrected chi connectivity index (χ4v) is 2.00. The van der Waals surface area contributed by atoms with Crippen LogP contribution in [0.1, 0.15) is 53.9 Å². The normalized spacial score (nSPS) is 13.7. The van der Waals surface area contributed by atoms with Crippen molar-refractivity contribution in [3.63, 3.8) is 0 Å². The molecule has 0 heterocycles. The Kier molecular flexibility index (Phi) is 8.54. The molecule has 0 aromatic carbocycles. The van der Waals surface area contributed by atoms with Crippen molar-refractivity contribution in [2.24, 2.45) is 5.92 Å². The van der Waals surface area contributed by atoms with Crippen molar-refractivity contribution in [1.29, 1.82) is 5.26 Å². The number of unbranched alkanes of at least 4 members (excludes halogenated alkanes) is 1. The highest BCUT2D eigenvalue weighted by atomic mass is 16.6. The third-order valence-electron chi connectivity index (χ3n) is 3.28. The average molecular weight is 312 g/mol. The van der Waals surface area contributed by atoms with Gasteiger partial charge in [0.25, 0.3) is 0 Å². The zero-order chi connectivity index (χ0) is 17.3. The van der Waals surface area contributed by atoms with E-state index in [4.69, 9.17) is 14.7 Å². The highest BCUT2D eigenvalue weighted by Gasteiger charge is 2.36. The van der Waals surface area contributed by atoms with Crippen molar-refractivity contribution >= 4 is 12.1 Å². The highest BCUT2D eigenvalue weighted by molar-refractivity contribution is 5.81. The van der Waals surface area contributed by atoms with Crippen LogP contribution in [0.15, 0.2) is 0 Å². The van der Waals surface area contributed by atoms with Crippen LogP contribution >= 0.6 is 0 Å². The van der Waals surface area contributed by atoms with Gasteiger partial charge in [0, 0.05) is 13.0 Å². The van der Waals surface area contributed by atoms with Crippen molar-refractivity contribution in [2.45, 2.75) is 65.5 Å². The van der Waals surface area contributed by atoms with Gasteiger partial charge in [-0.2, -0.15) is 5.26 Å². The van der Waals surface area contributed by atoms with Crippen LogP contribution < -0.4 is 0 Å². The van der Waals surface area contributed by atoms with Gasteiger partial charge in [0.15, 0.2) is 0 Å². The van der Waals surface area contributed by atoms with E-state index >= 15 is 0 Å². The summed E-state index contributed by atoms with van der Waals surface area (Å²) in [7, 11) is 1.31. The van der Waals surface area contributed by atoms with E-state index in [1.54, 1.807) is 20.8 Å². The first-order chi connectivity index (χ1) is 10.2. The number of rotatable bonds is 7. The van der Waals surface area contributed by atoms with Crippen molar-refractivity contribution in [1.82, 2.24) is 4.90 Å². The smallest absolute Gasteiger partial charge is 0.411 e. The Bertz CT molecular complexity index is 409. The van der Waals surface area contributed by atoms with Crippen LogP contribution in [0, 0.1) is 17.2 Å². The third-order valence-corrected chi connectivity index (χ3v) is 3.28. The number of nitrogens with zero attached hydrogens (tertiary/aromatic N) is 2. The molecule has 2 unspecified atom stereocenters. The number of carbonyl (C=O) groups is 2. The summed E-state index contributed by atoms with van der Waals surface area (Å²) < 4.78 is 10.2. The molecule has 1 amide bonds. The Morgan fingerprint density at radius 2 is 1.91 bits per heavy atom. The Morgan fingerprint density at radius 1 is 1.32 bits per heavy atom. The Balaban J connectivity index is 5.34. The predicted octanol–water partition coefficient (Wildman–Crippen LogP) is 3.11. The number of methoxy groups -OCH3 is 1. The molecule has 0 spiro atoms. The first kappa shape index (κ1) is 20.2. The monoisotopic (exact) mass is 312 g/mol. The van der Waals surface area contributed by atoms with E-state index in [2.05, 4.69) is 0 Å². The number of hydrogen-bond donors (Lipinski definition) is 0. The molecule has 6 heteroatoms. The van der Waals surface area contributed by atoms with Gasteiger partial charge in [-0.3, -0.25) is 4.90 Å². The first-order valence-corrected chi connectivity index (χ1v) is 7.62. The Labute approximate surface area is 133 Å². The molecule has 0 bridgehead atoms. The van der Waals surface area contributed by atoms with E-state index < -0.39 is 23.7 Å². The number of carbonyl (C=O) groups excluding carboxylic acids is 2. The van der Waals surface area contributed by atoms with Crippen LogP contribution in [-0.4, -0.2) is 42.3 Å². The summed E-state index contributed by atoms with van der Waals surface area (Å²) in [6, 6.07) is 1.34. The minimum absolute atomic E-state index is 0.0675. The lowest BCUT2D eigenvalue weighted by atomic mass is 9.97. The van der Waals surface area contributed by atoms with Crippen LogP contribution in [0.5, 0.6) is 0 Å². The summed E-state index contributed by atoms with van der Waals surface area (Å²) in [5.41, 5.74) is -0.652. The van der Waals surface area contributed by atoms with Crippen LogP contribution in [0.2, 0.25) is 0 Å². The van der Waals surface area contributed by atoms with Crippen LogP contribution in [0.4, 0.5) is 4.79 Å². The predicted molar refractivity (Wildman–Crippen MR) is 83.0 cm³/mol. The minimum atomic E-state index is -0.705. The molecule has 0 aromatic heterocycles. The molecule has 2 atom stereocenters. The van der Waals surface area contributed by atoms with Gasteiger partial charge in [-0.15, -0.1) is 0 Å². The van der Waals surface area contributed by atoms with Gasteiger partial charge in [0.05, 0.1) is 13.2 Å². The fourth-order valence-electron chi connectivity index (χ4n) is 2.00. The van der Waals surface area contributed by atoms with Crippen LogP contribution in [0.3, 0.4) is 0 Å². The van der Waals surface area contributed by atoms with E-state index in [0.717, 1.165) is 6.42 Å². The second kappa shape index (κ2) is 9.29. The molecule has 0 aliphatic rings. The summed E-state index contributed by atoms with van der Waals surface area (Å²) in [4.78, 5) is 26.0. The second-order valence-corrected chi connectivity index (χ2v) is 6.29. The lowest BCUT2D eigenvalue weighted by Gasteiger charge is -2.34. The van der Waals surface area contributed by atoms with Gasteiger partial charge in [0.2, 0.25) is 0 Å². The first-order valence-electron chi connectivity index (χ1n) is 7.62. The number of hydrogen-bond acceptors (Lipinski definition) is 5. The maximum atomic E-state index is 12.4. The van der Waals surface area contributed by atoms with Gasteiger partial charge in [-0.1, -0.05) is 20.3 Å². The zero-order valence-corrected chi connectivity index (χ0v) is 14.5. The van der Waals surface area contributed by atoms with Crippen molar-refractivity contribution in [3.05, 3.63) is 0 Å². The topological polar surface area (TPSA) is 79.6 Å². The molecule has 0 saturated carbocycles. The van der Waals surface area contributed by atoms with Gasteiger partial charge < -0.3 is 9.47 Å². The minimum Gasteiger partial charge on any atom is -0.467 e. The fraction of sp³-hybridized carbons (Fsp3) is 0.812.